The molecule has 32 heavy (non-hydrogen) atoms. The Morgan fingerprint density at radius 1 is 1.25 bits per heavy atom. The van der Waals surface area contributed by atoms with Crippen molar-refractivity contribution < 1.29 is 19.1 Å². The first-order chi connectivity index (χ1) is 15.5. The second-order valence-corrected chi connectivity index (χ2v) is 7.25. The molecule has 1 fully saturated rings. The maximum absolute atomic E-state index is 11.5. The van der Waals surface area contributed by atoms with Crippen LogP contribution in [0.15, 0.2) is 47.6 Å². The minimum absolute atomic E-state index is 0.130. The molecule has 0 spiro atoms. The molecule has 3 rings (SSSR count). The number of nitro groups is 1. The van der Waals surface area contributed by atoms with Crippen LogP contribution in [0.2, 0.25) is 0 Å². The van der Waals surface area contributed by atoms with Crippen molar-refractivity contribution in [3.05, 3.63) is 58.1 Å². The predicted octanol–water partition coefficient (Wildman–Crippen LogP) is 2.53. The lowest BCUT2D eigenvalue weighted by Crippen LogP contribution is -2.42. The average molecular weight is 460 g/mol. The van der Waals surface area contributed by atoms with Crippen molar-refractivity contribution in [1.29, 1.82) is 0 Å². The molecule has 0 aliphatic carbocycles. The van der Waals surface area contributed by atoms with E-state index >= 15 is 0 Å². The highest BCUT2D eigenvalue weighted by atomic mass is 32.1. The van der Waals surface area contributed by atoms with E-state index in [1.807, 2.05) is 0 Å². The Hall–Kier alpha value is -3.28. The fourth-order valence-electron chi connectivity index (χ4n) is 2.97. The van der Waals surface area contributed by atoms with E-state index in [2.05, 4.69) is 20.7 Å². The summed E-state index contributed by atoms with van der Waals surface area (Å²) < 4.78 is 16.1. The molecule has 2 aromatic carbocycles. The maximum Gasteiger partial charge on any atom is 0.312 e. The number of ether oxygens (including phenoxy) is 3. The zero-order chi connectivity index (χ0) is 22.8. The Kier molecular flexibility index (Phi) is 8.72. The number of nitro benzene ring substituents is 1. The highest BCUT2D eigenvalue weighted by Crippen LogP contribution is 2.32. The van der Waals surface area contributed by atoms with Crippen molar-refractivity contribution >= 4 is 29.2 Å². The van der Waals surface area contributed by atoms with Crippen LogP contribution in [0.5, 0.6) is 17.2 Å². The highest BCUT2D eigenvalue weighted by Gasteiger charge is 2.16. The quantitative estimate of drug-likeness (QED) is 0.253. The number of thiocarbonyl (C=S) groups is 1. The van der Waals surface area contributed by atoms with Gasteiger partial charge >= 0.3 is 5.69 Å². The van der Waals surface area contributed by atoms with Crippen LogP contribution in [-0.4, -0.2) is 67.7 Å². The fraction of sp³-hybridized carbons (Fsp3) is 0.333. The molecule has 2 N–H and O–H groups in total. The number of benzene rings is 2. The number of nitrogens with one attached hydrogen (secondary N) is 2. The summed E-state index contributed by atoms with van der Waals surface area (Å²) in [5.41, 5.74) is 3.08. The zero-order valence-corrected chi connectivity index (χ0v) is 18.5. The van der Waals surface area contributed by atoms with E-state index in [0.29, 0.717) is 28.7 Å². The molecule has 170 valence electrons. The molecule has 1 heterocycles. The summed E-state index contributed by atoms with van der Waals surface area (Å²) >= 11 is 5.20. The second kappa shape index (κ2) is 11.9. The molecule has 1 aliphatic rings. The van der Waals surface area contributed by atoms with Gasteiger partial charge in [0.25, 0.3) is 0 Å². The monoisotopic (exact) mass is 459 g/mol. The SMILES string of the molecule is COc1ccc(Oc2ccc(/C=N/NC(=S)NCCN3CCOCC3)cc2[N+](=O)[O-])cc1. The van der Waals surface area contributed by atoms with E-state index in [1.165, 1.54) is 18.3 Å². The van der Waals surface area contributed by atoms with Gasteiger partial charge in [0.2, 0.25) is 5.75 Å². The fourth-order valence-corrected chi connectivity index (χ4v) is 3.13. The number of rotatable bonds is 9. The summed E-state index contributed by atoms with van der Waals surface area (Å²) in [5.74, 6) is 1.26. The smallest absolute Gasteiger partial charge is 0.312 e. The predicted molar refractivity (Wildman–Crippen MR) is 125 cm³/mol. The van der Waals surface area contributed by atoms with Gasteiger partial charge in [0.15, 0.2) is 5.11 Å². The van der Waals surface area contributed by atoms with E-state index in [9.17, 15) is 10.1 Å². The summed E-state index contributed by atoms with van der Waals surface area (Å²) in [6.45, 7) is 4.88. The number of hydrazone groups is 1. The van der Waals surface area contributed by atoms with Gasteiger partial charge in [-0.05, 0) is 48.6 Å². The summed E-state index contributed by atoms with van der Waals surface area (Å²) in [6.07, 6.45) is 1.46. The normalized spacial score (nSPS) is 14.2. The first-order valence-corrected chi connectivity index (χ1v) is 10.4. The van der Waals surface area contributed by atoms with Gasteiger partial charge in [0.05, 0.1) is 31.5 Å². The van der Waals surface area contributed by atoms with Crippen LogP contribution in [0.3, 0.4) is 0 Å². The zero-order valence-electron chi connectivity index (χ0n) is 17.7. The Bertz CT molecular complexity index is 948. The van der Waals surface area contributed by atoms with Crippen molar-refractivity contribution in [3.63, 3.8) is 0 Å². The number of hydrogen-bond acceptors (Lipinski definition) is 8. The molecule has 0 amide bonds. The van der Waals surface area contributed by atoms with Crippen molar-refractivity contribution in [2.24, 2.45) is 5.10 Å². The second-order valence-electron chi connectivity index (χ2n) is 6.84. The minimum Gasteiger partial charge on any atom is -0.497 e. The van der Waals surface area contributed by atoms with E-state index in [1.54, 1.807) is 37.4 Å². The Morgan fingerprint density at radius 3 is 2.66 bits per heavy atom. The molecule has 0 aromatic heterocycles. The van der Waals surface area contributed by atoms with Crippen LogP contribution in [0.4, 0.5) is 5.69 Å². The van der Waals surface area contributed by atoms with Crippen LogP contribution in [0, 0.1) is 10.1 Å². The Labute approximate surface area is 191 Å². The van der Waals surface area contributed by atoms with Crippen LogP contribution in [0.25, 0.3) is 0 Å². The van der Waals surface area contributed by atoms with Crippen molar-refractivity contribution in [2.45, 2.75) is 0 Å². The van der Waals surface area contributed by atoms with E-state index in [-0.39, 0.29) is 11.4 Å². The van der Waals surface area contributed by atoms with Gasteiger partial charge in [0, 0.05) is 37.8 Å². The van der Waals surface area contributed by atoms with Gasteiger partial charge in [-0.1, -0.05) is 0 Å². The molecule has 0 atom stereocenters. The summed E-state index contributed by atoms with van der Waals surface area (Å²) in [7, 11) is 1.56. The van der Waals surface area contributed by atoms with Gasteiger partial charge in [-0.2, -0.15) is 5.10 Å². The number of methoxy groups -OCH3 is 1. The summed E-state index contributed by atoms with van der Waals surface area (Å²) in [6, 6.07) is 11.4. The van der Waals surface area contributed by atoms with Crippen LogP contribution in [-0.2, 0) is 4.74 Å². The van der Waals surface area contributed by atoms with E-state index in [4.69, 9.17) is 26.4 Å². The van der Waals surface area contributed by atoms with E-state index < -0.39 is 4.92 Å². The highest BCUT2D eigenvalue weighted by molar-refractivity contribution is 7.80. The van der Waals surface area contributed by atoms with Gasteiger partial charge in [-0.3, -0.25) is 20.4 Å². The topological polar surface area (TPSA) is 110 Å². The van der Waals surface area contributed by atoms with Crippen molar-refractivity contribution in [1.82, 2.24) is 15.6 Å². The third kappa shape index (κ3) is 7.15. The molecule has 2 aromatic rings. The standard InChI is InChI=1S/C21H25N5O5S/c1-29-17-3-5-18(6-4-17)31-20-7-2-16(14-19(20)26(27)28)15-23-24-21(32)22-8-9-25-10-12-30-13-11-25/h2-7,14-15H,8-13H2,1H3,(H2,22,24,32)/b23-15+. The molecule has 0 saturated carbocycles. The lowest BCUT2D eigenvalue weighted by atomic mass is 10.2. The van der Waals surface area contributed by atoms with Gasteiger partial charge in [0.1, 0.15) is 11.5 Å². The minimum atomic E-state index is -0.499. The molecule has 0 bridgehead atoms. The van der Waals surface area contributed by atoms with Crippen LogP contribution in [0.1, 0.15) is 5.56 Å². The third-order valence-corrected chi connectivity index (χ3v) is 4.90. The molecule has 10 nitrogen and oxygen atoms in total. The molecule has 0 radical (unpaired) electrons. The third-order valence-electron chi connectivity index (χ3n) is 4.66. The molecule has 1 aliphatic heterocycles. The Balaban J connectivity index is 1.53. The maximum atomic E-state index is 11.5. The molecule has 1 saturated heterocycles. The number of hydrogen-bond donors (Lipinski definition) is 2. The molecule has 0 unspecified atom stereocenters. The molecular formula is C21H25N5O5S. The summed E-state index contributed by atoms with van der Waals surface area (Å²) in [5, 5.41) is 19.0. The average Bonchev–Trinajstić information content (AvgIpc) is 2.81. The van der Waals surface area contributed by atoms with Crippen molar-refractivity contribution in [2.75, 3.05) is 46.5 Å². The van der Waals surface area contributed by atoms with Gasteiger partial charge in [-0.25, -0.2) is 0 Å². The number of morpholine rings is 1. The summed E-state index contributed by atoms with van der Waals surface area (Å²) in [4.78, 5) is 13.3. The molecular weight excluding hydrogens is 434 g/mol. The number of nitrogens with zero attached hydrogens (tertiary/aromatic N) is 3. The van der Waals surface area contributed by atoms with Crippen LogP contribution >= 0.6 is 12.2 Å². The van der Waals surface area contributed by atoms with Gasteiger partial charge < -0.3 is 19.5 Å². The van der Waals surface area contributed by atoms with Crippen LogP contribution < -0.4 is 20.2 Å². The largest absolute Gasteiger partial charge is 0.497 e. The first kappa shape index (κ1) is 23.4. The Morgan fingerprint density at radius 2 is 1.97 bits per heavy atom. The van der Waals surface area contributed by atoms with Crippen molar-refractivity contribution in [3.8, 4) is 17.2 Å². The van der Waals surface area contributed by atoms with Gasteiger partial charge in [-0.15, -0.1) is 0 Å². The lowest BCUT2D eigenvalue weighted by molar-refractivity contribution is -0.385. The molecule has 11 heteroatoms. The van der Waals surface area contributed by atoms with E-state index in [0.717, 1.165) is 32.8 Å². The first-order valence-electron chi connectivity index (χ1n) is 10.0. The lowest BCUT2D eigenvalue weighted by Gasteiger charge is -2.26.